The van der Waals surface area contributed by atoms with Gasteiger partial charge in [-0.1, -0.05) is 38.1 Å². The Morgan fingerprint density at radius 3 is 1.78 bits per heavy atom. The zero-order chi connectivity index (χ0) is 17.0. The van der Waals surface area contributed by atoms with Crippen LogP contribution in [0.25, 0.3) is 0 Å². The van der Waals surface area contributed by atoms with Crippen molar-refractivity contribution >= 4 is 11.7 Å². The van der Waals surface area contributed by atoms with Gasteiger partial charge in [-0.2, -0.15) is 0 Å². The first-order valence-corrected chi connectivity index (χ1v) is 7.40. The molecule has 0 aliphatic rings. The zero-order valence-electron chi connectivity index (χ0n) is 13.4. The zero-order valence-corrected chi connectivity index (χ0v) is 13.4. The SMILES string of the molecule is CC(=O)O[C@@H](c1ccc(C(C)C)cc1)c1ccc([N+](=O)[O-])cc1. The second-order valence-corrected chi connectivity index (χ2v) is 5.66. The molecule has 0 unspecified atom stereocenters. The lowest BCUT2D eigenvalue weighted by Crippen LogP contribution is -2.10. The van der Waals surface area contributed by atoms with Crippen LogP contribution in [0.15, 0.2) is 48.5 Å². The molecule has 120 valence electrons. The summed E-state index contributed by atoms with van der Waals surface area (Å²) in [5, 5.41) is 10.8. The molecule has 1 atom stereocenters. The largest absolute Gasteiger partial charge is 0.453 e. The van der Waals surface area contributed by atoms with Crippen molar-refractivity contribution in [3.63, 3.8) is 0 Å². The van der Waals surface area contributed by atoms with E-state index < -0.39 is 17.0 Å². The van der Waals surface area contributed by atoms with E-state index in [0.717, 1.165) is 5.56 Å². The maximum absolute atomic E-state index is 11.4. The Kier molecular flexibility index (Phi) is 5.11. The minimum absolute atomic E-state index is 0.00507. The molecule has 2 aromatic rings. The molecule has 2 aromatic carbocycles. The van der Waals surface area contributed by atoms with Crippen LogP contribution in [0.2, 0.25) is 0 Å². The average Bonchev–Trinajstić information content (AvgIpc) is 2.52. The highest BCUT2D eigenvalue weighted by Crippen LogP contribution is 2.29. The third-order valence-corrected chi connectivity index (χ3v) is 3.60. The molecule has 0 fully saturated rings. The molecule has 0 saturated heterocycles. The van der Waals surface area contributed by atoms with Crippen LogP contribution >= 0.6 is 0 Å². The Morgan fingerprint density at radius 2 is 1.39 bits per heavy atom. The fourth-order valence-corrected chi connectivity index (χ4v) is 2.32. The molecule has 0 aromatic heterocycles. The molecular weight excluding hydrogens is 294 g/mol. The standard InChI is InChI=1S/C18H19NO4/c1-12(2)14-4-6-15(7-5-14)18(23-13(3)20)16-8-10-17(11-9-16)19(21)22/h4-12,18H,1-3H3/t18-/m0/s1. The summed E-state index contributed by atoms with van der Waals surface area (Å²) in [6.45, 7) is 5.56. The quantitative estimate of drug-likeness (QED) is 0.467. The van der Waals surface area contributed by atoms with Crippen molar-refractivity contribution in [2.45, 2.75) is 32.8 Å². The van der Waals surface area contributed by atoms with Crippen molar-refractivity contribution in [1.29, 1.82) is 0 Å². The summed E-state index contributed by atoms with van der Waals surface area (Å²) in [7, 11) is 0. The van der Waals surface area contributed by atoms with Crippen molar-refractivity contribution in [1.82, 2.24) is 0 Å². The van der Waals surface area contributed by atoms with Gasteiger partial charge in [-0.05, 0) is 34.7 Å². The van der Waals surface area contributed by atoms with Gasteiger partial charge in [-0.3, -0.25) is 14.9 Å². The molecule has 0 heterocycles. The van der Waals surface area contributed by atoms with Crippen LogP contribution in [0, 0.1) is 10.1 Å². The van der Waals surface area contributed by atoms with E-state index in [9.17, 15) is 14.9 Å². The Morgan fingerprint density at radius 1 is 0.957 bits per heavy atom. The summed E-state index contributed by atoms with van der Waals surface area (Å²) in [4.78, 5) is 21.7. The van der Waals surface area contributed by atoms with Gasteiger partial charge in [-0.15, -0.1) is 0 Å². The molecule has 0 aliphatic heterocycles. The number of hydrogen-bond acceptors (Lipinski definition) is 4. The third-order valence-electron chi connectivity index (χ3n) is 3.60. The fraction of sp³-hybridized carbons (Fsp3) is 0.278. The Labute approximate surface area is 135 Å². The first-order chi connectivity index (χ1) is 10.9. The van der Waals surface area contributed by atoms with Crippen molar-refractivity contribution in [3.05, 3.63) is 75.3 Å². The van der Waals surface area contributed by atoms with Gasteiger partial charge in [0.05, 0.1) is 4.92 Å². The van der Waals surface area contributed by atoms with Crippen molar-refractivity contribution in [2.24, 2.45) is 0 Å². The maximum atomic E-state index is 11.4. The summed E-state index contributed by atoms with van der Waals surface area (Å²) in [5.41, 5.74) is 2.73. The number of benzene rings is 2. The number of ether oxygens (including phenoxy) is 1. The number of nitro benzene ring substituents is 1. The van der Waals surface area contributed by atoms with Crippen LogP contribution in [0.3, 0.4) is 0 Å². The van der Waals surface area contributed by atoms with E-state index >= 15 is 0 Å². The number of nitro groups is 1. The van der Waals surface area contributed by atoms with E-state index in [-0.39, 0.29) is 5.69 Å². The highest BCUT2D eigenvalue weighted by Gasteiger charge is 2.18. The predicted molar refractivity (Wildman–Crippen MR) is 87.2 cm³/mol. The first kappa shape index (κ1) is 16.7. The van der Waals surface area contributed by atoms with Gasteiger partial charge in [-0.25, -0.2) is 0 Å². The van der Waals surface area contributed by atoms with E-state index in [0.29, 0.717) is 11.5 Å². The lowest BCUT2D eigenvalue weighted by molar-refractivity contribution is -0.384. The van der Waals surface area contributed by atoms with Gasteiger partial charge in [0.15, 0.2) is 6.10 Å². The van der Waals surface area contributed by atoms with Gasteiger partial charge in [0, 0.05) is 19.1 Å². The third kappa shape index (κ3) is 4.16. The summed E-state index contributed by atoms with van der Waals surface area (Å²) in [6, 6.07) is 13.9. The first-order valence-electron chi connectivity index (χ1n) is 7.40. The van der Waals surface area contributed by atoms with Gasteiger partial charge in [0.25, 0.3) is 5.69 Å². The number of hydrogen-bond donors (Lipinski definition) is 0. The van der Waals surface area contributed by atoms with E-state index in [2.05, 4.69) is 13.8 Å². The lowest BCUT2D eigenvalue weighted by atomic mass is 9.97. The molecule has 0 aliphatic carbocycles. The summed E-state index contributed by atoms with van der Waals surface area (Å²) in [5.74, 6) is 0.0110. The second kappa shape index (κ2) is 7.05. The van der Waals surface area contributed by atoms with Crippen LogP contribution in [0.5, 0.6) is 0 Å². The lowest BCUT2D eigenvalue weighted by Gasteiger charge is -2.18. The second-order valence-electron chi connectivity index (χ2n) is 5.66. The highest BCUT2D eigenvalue weighted by atomic mass is 16.6. The van der Waals surface area contributed by atoms with Crippen molar-refractivity contribution < 1.29 is 14.5 Å². The minimum Gasteiger partial charge on any atom is -0.453 e. The van der Waals surface area contributed by atoms with Crippen molar-refractivity contribution in [3.8, 4) is 0 Å². The smallest absolute Gasteiger partial charge is 0.303 e. The molecule has 0 spiro atoms. The molecule has 23 heavy (non-hydrogen) atoms. The average molecular weight is 313 g/mol. The normalized spacial score (nSPS) is 12.0. The molecule has 2 rings (SSSR count). The van der Waals surface area contributed by atoms with Gasteiger partial charge in [0.1, 0.15) is 0 Å². The van der Waals surface area contributed by atoms with Crippen LogP contribution in [-0.2, 0) is 9.53 Å². The monoisotopic (exact) mass is 313 g/mol. The van der Waals surface area contributed by atoms with Crippen LogP contribution in [0.4, 0.5) is 5.69 Å². The van der Waals surface area contributed by atoms with E-state index in [4.69, 9.17) is 4.74 Å². The molecule has 0 bridgehead atoms. The number of esters is 1. The number of rotatable bonds is 5. The van der Waals surface area contributed by atoms with Gasteiger partial charge in [0.2, 0.25) is 0 Å². The van der Waals surface area contributed by atoms with E-state index in [1.165, 1.54) is 24.6 Å². The number of non-ortho nitro benzene ring substituents is 1. The molecule has 5 heteroatoms. The molecule has 0 radical (unpaired) electrons. The van der Waals surface area contributed by atoms with Crippen LogP contribution in [0.1, 0.15) is 49.5 Å². The summed E-state index contributed by atoms with van der Waals surface area (Å²) < 4.78 is 5.41. The Hall–Kier alpha value is -2.69. The van der Waals surface area contributed by atoms with E-state index in [1.807, 2.05) is 24.3 Å². The molecular formula is C18H19NO4. The molecule has 0 N–H and O–H groups in total. The van der Waals surface area contributed by atoms with Gasteiger partial charge < -0.3 is 4.74 Å². The number of carbonyl (C=O) groups excluding carboxylic acids is 1. The van der Waals surface area contributed by atoms with Crippen molar-refractivity contribution in [2.75, 3.05) is 0 Å². The topological polar surface area (TPSA) is 69.4 Å². The van der Waals surface area contributed by atoms with Crippen LogP contribution < -0.4 is 0 Å². The number of carbonyl (C=O) groups is 1. The predicted octanol–water partition coefficient (Wildman–Crippen LogP) is 4.37. The maximum Gasteiger partial charge on any atom is 0.303 e. The Bertz CT molecular complexity index is 690. The minimum atomic E-state index is -0.575. The van der Waals surface area contributed by atoms with Gasteiger partial charge >= 0.3 is 5.97 Å². The van der Waals surface area contributed by atoms with Crippen LogP contribution in [-0.4, -0.2) is 10.9 Å². The Balaban J connectivity index is 2.36. The highest BCUT2D eigenvalue weighted by molar-refractivity contribution is 5.67. The molecule has 5 nitrogen and oxygen atoms in total. The summed E-state index contributed by atoms with van der Waals surface area (Å²) in [6.07, 6.45) is -0.575. The fourth-order valence-electron chi connectivity index (χ4n) is 2.32. The summed E-state index contributed by atoms with van der Waals surface area (Å²) >= 11 is 0. The number of nitrogens with zero attached hydrogens (tertiary/aromatic N) is 1. The van der Waals surface area contributed by atoms with E-state index in [1.54, 1.807) is 12.1 Å². The molecule has 0 saturated carbocycles. The molecule has 0 amide bonds.